The third kappa shape index (κ3) is 4.78. The van der Waals surface area contributed by atoms with E-state index >= 15 is 0 Å². The van der Waals surface area contributed by atoms with Crippen molar-refractivity contribution in [2.24, 2.45) is 5.92 Å². The second kappa shape index (κ2) is 8.95. The van der Waals surface area contributed by atoms with E-state index in [2.05, 4.69) is 10.2 Å². The number of carbonyl (C=O) groups excluding carboxylic acids is 2. The van der Waals surface area contributed by atoms with Gasteiger partial charge in [0.1, 0.15) is 0 Å². The monoisotopic (exact) mass is 413 g/mol. The van der Waals surface area contributed by atoms with Gasteiger partial charge in [0.2, 0.25) is 11.8 Å². The van der Waals surface area contributed by atoms with Crippen molar-refractivity contribution in [2.75, 3.05) is 43.1 Å². The number of benzene rings is 2. The molecule has 0 aromatic heterocycles. The van der Waals surface area contributed by atoms with Gasteiger partial charge in [-0.25, -0.2) is 0 Å². The van der Waals surface area contributed by atoms with E-state index < -0.39 is 5.92 Å². The Morgan fingerprint density at radius 1 is 1.10 bits per heavy atom. The molecule has 0 spiro atoms. The van der Waals surface area contributed by atoms with Gasteiger partial charge in [-0.05, 0) is 29.8 Å². The largest absolute Gasteiger partial charge is 0.379 e. The van der Waals surface area contributed by atoms with Crippen LogP contribution in [0.3, 0.4) is 0 Å². The molecule has 4 rings (SSSR count). The molecule has 1 unspecified atom stereocenters. The highest BCUT2D eigenvalue weighted by Gasteiger charge is 2.35. The fourth-order valence-corrected chi connectivity index (χ4v) is 3.98. The predicted octanol–water partition coefficient (Wildman–Crippen LogP) is 3.16. The second-order valence-corrected chi connectivity index (χ2v) is 7.84. The minimum Gasteiger partial charge on any atom is -0.379 e. The maximum Gasteiger partial charge on any atom is 0.229 e. The summed E-state index contributed by atoms with van der Waals surface area (Å²) in [6, 6.07) is 15.1. The summed E-state index contributed by atoms with van der Waals surface area (Å²) < 4.78 is 5.37. The molecule has 29 heavy (non-hydrogen) atoms. The molecule has 2 fully saturated rings. The Labute approximate surface area is 175 Å². The van der Waals surface area contributed by atoms with E-state index in [1.807, 2.05) is 36.4 Å². The van der Waals surface area contributed by atoms with Crippen molar-refractivity contribution in [1.29, 1.82) is 0 Å². The first-order valence-corrected chi connectivity index (χ1v) is 10.2. The van der Waals surface area contributed by atoms with E-state index in [1.165, 1.54) is 5.56 Å². The number of nitrogens with one attached hydrogen (secondary N) is 1. The van der Waals surface area contributed by atoms with Crippen molar-refractivity contribution >= 4 is 34.8 Å². The predicted molar refractivity (Wildman–Crippen MR) is 113 cm³/mol. The van der Waals surface area contributed by atoms with Gasteiger partial charge in [0.05, 0.1) is 29.8 Å². The molecular formula is C22H24ClN3O3. The molecule has 0 bridgehead atoms. The van der Waals surface area contributed by atoms with E-state index in [-0.39, 0.29) is 18.2 Å². The normalized spacial score (nSPS) is 20.1. The molecule has 7 heteroatoms. The fourth-order valence-electron chi connectivity index (χ4n) is 3.74. The molecule has 2 aliphatic rings. The fraction of sp³-hybridized carbons (Fsp3) is 0.364. The van der Waals surface area contributed by atoms with Crippen LogP contribution in [-0.2, 0) is 20.9 Å². The number of nitrogens with zero attached hydrogens (tertiary/aromatic N) is 2. The molecule has 2 aromatic rings. The van der Waals surface area contributed by atoms with Crippen molar-refractivity contribution in [3.05, 3.63) is 59.1 Å². The van der Waals surface area contributed by atoms with Crippen LogP contribution in [-0.4, -0.2) is 49.6 Å². The van der Waals surface area contributed by atoms with Crippen LogP contribution in [0, 0.1) is 5.92 Å². The van der Waals surface area contributed by atoms with Gasteiger partial charge in [0.25, 0.3) is 0 Å². The van der Waals surface area contributed by atoms with Gasteiger partial charge in [0.15, 0.2) is 0 Å². The zero-order valence-electron chi connectivity index (χ0n) is 16.1. The summed E-state index contributed by atoms with van der Waals surface area (Å²) in [6.07, 6.45) is 0.187. The summed E-state index contributed by atoms with van der Waals surface area (Å²) in [7, 11) is 0. The van der Waals surface area contributed by atoms with E-state index in [0.717, 1.165) is 38.5 Å². The number of morpholine rings is 1. The number of halogens is 1. The molecule has 0 saturated carbocycles. The standard InChI is InChI=1S/C22H24ClN3O3/c23-19-3-1-2-4-20(19)26-15-17(13-21(26)27)22(28)24-18-7-5-16(6-8-18)14-25-9-11-29-12-10-25/h1-8,17H,9-15H2,(H,24,28). The lowest BCUT2D eigenvalue weighted by Gasteiger charge is -2.26. The number of ether oxygens (including phenoxy) is 1. The quantitative estimate of drug-likeness (QED) is 0.817. The summed E-state index contributed by atoms with van der Waals surface area (Å²) in [5.74, 6) is -0.625. The van der Waals surface area contributed by atoms with Crippen molar-refractivity contribution in [3.63, 3.8) is 0 Å². The summed E-state index contributed by atoms with van der Waals surface area (Å²) in [5, 5.41) is 3.45. The van der Waals surface area contributed by atoms with Crippen LogP contribution in [0.2, 0.25) is 5.02 Å². The maximum atomic E-state index is 12.7. The Morgan fingerprint density at radius 3 is 2.55 bits per heavy atom. The van der Waals surface area contributed by atoms with Gasteiger partial charge in [-0.2, -0.15) is 0 Å². The highest BCUT2D eigenvalue weighted by Crippen LogP contribution is 2.31. The number of para-hydroxylation sites is 1. The van der Waals surface area contributed by atoms with Gasteiger partial charge in [-0.15, -0.1) is 0 Å². The lowest BCUT2D eigenvalue weighted by molar-refractivity contribution is -0.122. The van der Waals surface area contributed by atoms with E-state index in [0.29, 0.717) is 17.3 Å². The molecule has 6 nitrogen and oxygen atoms in total. The Bertz CT molecular complexity index is 881. The van der Waals surface area contributed by atoms with Crippen LogP contribution >= 0.6 is 11.6 Å². The molecule has 2 saturated heterocycles. The van der Waals surface area contributed by atoms with Crippen LogP contribution < -0.4 is 10.2 Å². The molecule has 2 aliphatic heterocycles. The zero-order chi connectivity index (χ0) is 20.2. The highest BCUT2D eigenvalue weighted by molar-refractivity contribution is 6.33. The highest BCUT2D eigenvalue weighted by atomic mass is 35.5. The summed E-state index contributed by atoms with van der Waals surface area (Å²) >= 11 is 6.21. The van der Waals surface area contributed by atoms with Crippen molar-refractivity contribution < 1.29 is 14.3 Å². The van der Waals surface area contributed by atoms with Crippen LogP contribution in [0.15, 0.2) is 48.5 Å². The number of anilines is 2. The first-order chi connectivity index (χ1) is 14.1. The molecule has 1 N–H and O–H groups in total. The molecule has 2 aromatic carbocycles. The van der Waals surface area contributed by atoms with Crippen molar-refractivity contribution in [3.8, 4) is 0 Å². The Hall–Kier alpha value is -2.41. The van der Waals surface area contributed by atoms with Gasteiger partial charge in [-0.3, -0.25) is 14.5 Å². The van der Waals surface area contributed by atoms with Crippen molar-refractivity contribution in [2.45, 2.75) is 13.0 Å². The third-order valence-electron chi connectivity index (χ3n) is 5.37. The van der Waals surface area contributed by atoms with Crippen LogP contribution in [0.1, 0.15) is 12.0 Å². The molecule has 0 aliphatic carbocycles. The van der Waals surface area contributed by atoms with Crippen molar-refractivity contribution in [1.82, 2.24) is 4.90 Å². The van der Waals surface area contributed by atoms with Gasteiger partial charge < -0.3 is 15.0 Å². The molecule has 0 radical (unpaired) electrons. The topological polar surface area (TPSA) is 61.9 Å². The first-order valence-electron chi connectivity index (χ1n) is 9.85. The number of hydrogen-bond donors (Lipinski definition) is 1. The average molecular weight is 414 g/mol. The van der Waals surface area contributed by atoms with Gasteiger partial charge in [-0.1, -0.05) is 35.9 Å². The van der Waals surface area contributed by atoms with Crippen LogP contribution in [0.4, 0.5) is 11.4 Å². The lowest BCUT2D eigenvalue weighted by atomic mass is 10.1. The number of rotatable bonds is 5. The Balaban J connectivity index is 1.34. The van der Waals surface area contributed by atoms with Gasteiger partial charge >= 0.3 is 0 Å². The van der Waals surface area contributed by atoms with E-state index in [9.17, 15) is 9.59 Å². The molecule has 152 valence electrons. The molecule has 2 amide bonds. The SMILES string of the molecule is O=C(Nc1ccc(CN2CCOCC2)cc1)C1CC(=O)N(c2ccccc2Cl)C1. The summed E-state index contributed by atoms with van der Waals surface area (Å²) in [6.45, 7) is 4.65. The molecule has 1 atom stereocenters. The number of carbonyl (C=O) groups is 2. The second-order valence-electron chi connectivity index (χ2n) is 7.43. The van der Waals surface area contributed by atoms with E-state index in [1.54, 1.807) is 17.0 Å². The van der Waals surface area contributed by atoms with Crippen LogP contribution in [0.5, 0.6) is 0 Å². The lowest BCUT2D eigenvalue weighted by Crippen LogP contribution is -2.35. The number of amides is 2. The average Bonchev–Trinajstić information content (AvgIpc) is 3.12. The van der Waals surface area contributed by atoms with Gasteiger partial charge in [0, 0.05) is 38.3 Å². The molecule has 2 heterocycles. The Kier molecular flexibility index (Phi) is 6.13. The summed E-state index contributed by atoms with van der Waals surface area (Å²) in [4.78, 5) is 29.0. The summed E-state index contributed by atoms with van der Waals surface area (Å²) in [5.41, 5.74) is 2.59. The molecular weight excluding hydrogens is 390 g/mol. The smallest absolute Gasteiger partial charge is 0.229 e. The maximum absolute atomic E-state index is 12.7. The minimum atomic E-state index is -0.396. The zero-order valence-corrected chi connectivity index (χ0v) is 16.9. The Morgan fingerprint density at radius 2 is 1.83 bits per heavy atom. The number of hydrogen-bond acceptors (Lipinski definition) is 4. The van der Waals surface area contributed by atoms with E-state index in [4.69, 9.17) is 16.3 Å². The third-order valence-corrected chi connectivity index (χ3v) is 5.69. The van der Waals surface area contributed by atoms with Crippen LogP contribution in [0.25, 0.3) is 0 Å². The minimum absolute atomic E-state index is 0.0842. The first kappa shape index (κ1) is 19.9.